The summed E-state index contributed by atoms with van der Waals surface area (Å²) in [6.07, 6.45) is 4.15. The van der Waals surface area contributed by atoms with E-state index in [2.05, 4.69) is 27.9 Å². The van der Waals surface area contributed by atoms with Crippen LogP contribution in [0.25, 0.3) is 0 Å². The molecule has 0 amide bonds. The van der Waals surface area contributed by atoms with Gasteiger partial charge in [0.05, 0.1) is 4.05 Å². The first-order chi connectivity index (χ1) is 3.39. The van der Waals surface area contributed by atoms with Crippen LogP contribution in [0.2, 0.25) is 0 Å². The molecule has 1 fully saturated rings. The largest absolute Gasteiger partial charge is 0.305 e. The molecule has 1 N–H and O–H groups in total. The lowest BCUT2D eigenvalue weighted by atomic mass is 10.2. The summed E-state index contributed by atoms with van der Waals surface area (Å²) < 4.78 is 0.756. The Morgan fingerprint density at radius 1 is 1.43 bits per heavy atom. The summed E-state index contributed by atoms with van der Waals surface area (Å²) in [5.41, 5.74) is 0. The second kappa shape index (κ2) is 2.87. The molecule has 1 nitrogen and oxygen atoms in total. The Kier molecular flexibility index (Phi) is 2.38. The molecule has 1 aliphatic rings. The van der Waals surface area contributed by atoms with Gasteiger partial charge < -0.3 is 5.32 Å². The maximum absolute atomic E-state index is 3.37. The molecule has 1 atom stereocenters. The minimum Gasteiger partial charge on any atom is -0.305 e. The summed E-state index contributed by atoms with van der Waals surface area (Å²) in [6.45, 7) is 1.23. The van der Waals surface area contributed by atoms with E-state index in [9.17, 15) is 0 Å². The maximum atomic E-state index is 3.37. The van der Waals surface area contributed by atoms with Crippen LogP contribution in [0.5, 0.6) is 0 Å². The van der Waals surface area contributed by atoms with Gasteiger partial charge in [-0.15, -0.1) is 0 Å². The van der Waals surface area contributed by atoms with Crippen LogP contribution in [0.4, 0.5) is 0 Å². The van der Waals surface area contributed by atoms with Crippen molar-refractivity contribution in [1.29, 1.82) is 0 Å². The summed E-state index contributed by atoms with van der Waals surface area (Å²) in [7, 11) is 0. The Labute approximate surface area is 58.0 Å². The van der Waals surface area contributed by atoms with Crippen LogP contribution in [0.1, 0.15) is 19.3 Å². The minimum atomic E-state index is 0.756. The Morgan fingerprint density at radius 2 is 2.29 bits per heavy atom. The summed E-state index contributed by atoms with van der Waals surface area (Å²) in [6, 6.07) is 0. The highest BCUT2D eigenvalue weighted by atomic mass is 127. The molecule has 0 aromatic heterocycles. The summed E-state index contributed by atoms with van der Waals surface area (Å²) in [5, 5.41) is 3.37. The number of nitrogens with one attached hydrogen (secondary N) is 1. The van der Waals surface area contributed by atoms with E-state index in [-0.39, 0.29) is 0 Å². The fraction of sp³-hybridized carbons (Fsp3) is 1.00. The Balaban J connectivity index is 2.12. The lowest BCUT2D eigenvalue weighted by molar-refractivity contribution is 0.505. The Hall–Kier alpha value is 0.690. The smallest absolute Gasteiger partial charge is 0.0593 e. The first-order valence-electron chi connectivity index (χ1n) is 2.77. The third kappa shape index (κ3) is 1.95. The van der Waals surface area contributed by atoms with Crippen LogP contribution in [-0.2, 0) is 0 Å². The van der Waals surface area contributed by atoms with Gasteiger partial charge in [0.15, 0.2) is 0 Å². The van der Waals surface area contributed by atoms with Crippen molar-refractivity contribution < 1.29 is 0 Å². The number of hydrogen-bond acceptors (Lipinski definition) is 1. The minimum absolute atomic E-state index is 0.756. The number of alkyl halides is 1. The van der Waals surface area contributed by atoms with Gasteiger partial charge >= 0.3 is 0 Å². The molecule has 0 aromatic carbocycles. The van der Waals surface area contributed by atoms with E-state index < -0.39 is 0 Å². The molecule has 1 saturated heterocycles. The maximum Gasteiger partial charge on any atom is 0.0593 e. The molecule has 0 radical (unpaired) electrons. The SMILES string of the molecule is I[C@@H]1CCCCN1. The normalized spacial score (nSPS) is 33.0. The van der Waals surface area contributed by atoms with Crippen molar-refractivity contribution in [3.05, 3.63) is 0 Å². The van der Waals surface area contributed by atoms with Gasteiger partial charge in [-0.1, -0.05) is 22.6 Å². The molecule has 2 heteroatoms. The Bertz CT molecular complexity index is 50.0. The van der Waals surface area contributed by atoms with Gasteiger partial charge in [0.2, 0.25) is 0 Å². The van der Waals surface area contributed by atoms with Gasteiger partial charge in [0.1, 0.15) is 0 Å². The van der Waals surface area contributed by atoms with Crippen LogP contribution >= 0.6 is 22.6 Å². The van der Waals surface area contributed by atoms with E-state index in [1.54, 1.807) is 0 Å². The van der Waals surface area contributed by atoms with Crippen LogP contribution in [-0.4, -0.2) is 10.6 Å². The van der Waals surface area contributed by atoms with Crippen LogP contribution in [0.15, 0.2) is 0 Å². The Morgan fingerprint density at radius 3 is 2.57 bits per heavy atom. The third-order valence-electron chi connectivity index (χ3n) is 1.25. The molecule has 0 bridgehead atoms. The topological polar surface area (TPSA) is 12.0 Å². The number of hydrogen-bond donors (Lipinski definition) is 1. The van der Waals surface area contributed by atoms with E-state index in [1.165, 1.54) is 25.8 Å². The lowest BCUT2D eigenvalue weighted by Crippen LogP contribution is -2.28. The molecule has 0 aliphatic carbocycles. The molecule has 42 valence electrons. The van der Waals surface area contributed by atoms with Gasteiger partial charge in [-0.2, -0.15) is 0 Å². The monoisotopic (exact) mass is 211 g/mol. The van der Waals surface area contributed by atoms with Gasteiger partial charge in [0, 0.05) is 0 Å². The zero-order valence-corrected chi connectivity index (χ0v) is 6.44. The molecule has 7 heavy (non-hydrogen) atoms. The van der Waals surface area contributed by atoms with E-state index >= 15 is 0 Å². The number of halogens is 1. The number of piperidine rings is 1. The van der Waals surface area contributed by atoms with Crippen LogP contribution in [0.3, 0.4) is 0 Å². The van der Waals surface area contributed by atoms with Crippen molar-refractivity contribution in [3.63, 3.8) is 0 Å². The molecule has 0 spiro atoms. The standard InChI is InChI=1S/C5H10IN/c6-5-3-1-2-4-7-5/h5,7H,1-4H2/t5-/m0/s1. The molecule has 0 aromatic rings. The van der Waals surface area contributed by atoms with Gasteiger partial charge in [-0.25, -0.2) is 0 Å². The average molecular weight is 211 g/mol. The van der Waals surface area contributed by atoms with Crippen molar-refractivity contribution in [2.75, 3.05) is 6.54 Å². The number of rotatable bonds is 0. The van der Waals surface area contributed by atoms with Crippen molar-refractivity contribution in [2.24, 2.45) is 0 Å². The first-order valence-corrected chi connectivity index (χ1v) is 4.01. The van der Waals surface area contributed by atoms with Crippen LogP contribution < -0.4 is 5.32 Å². The second-order valence-corrected chi connectivity index (χ2v) is 3.42. The molecule has 0 unspecified atom stereocenters. The highest BCUT2D eigenvalue weighted by molar-refractivity contribution is 14.1. The summed E-state index contributed by atoms with van der Waals surface area (Å²) >= 11 is 2.45. The van der Waals surface area contributed by atoms with E-state index in [4.69, 9.17) is 0 Å². The quantitative estimate of drug-likeness (QED) is 0.364. The zero-order chi connectivity index (χ0) is 5.11. The molecular weight excluding hydrogens is 201 g/mol. The van der Waals surface area contributed by atoms with Gasteiger partial charge in [-0.3, -0.25) is 0 Å². The highest BCUT2D eigenvalue weighted by Crippen LogP contribution is 2.11. The predicted molar refractivity (Wildman–Crippen MR) is 39.7 cm³/mol. The van der Waals surface area contributed by atoms with Crippen molar-refractivity contribution >= 4 is 22.6 Å². The average Bonchev–Trinajstić information content (AvgIpc) is 1.69. The lowest BCUT2D eigenvalue weighted by Gasteiger charge is -2.16. The molecular formula is C5H10IN. The molecule has 1 heterocycles. The van der Waals surface area contributed by atoms with Crippen molar-refractivity contribution in [1.82, 2.24) is 5.32 Å². The predicted octanol–water partition coefficient (Wildman–Crippen LogP) is 1.52. The first kappa shape index (κ1) is 5.82. The second-order valence-electron chi connectivity index (χ2n) is 1.92. The molecule has 1 aliphatic heterocycles. The summed E-state index contributed by atoms with van der Waals surface area (Å²) in [5.74, 6) is 0. The molecule has 0 saturated carbocycles. The van der Waals surface area contributed by atoms with E-state index in [0.29, 0.717) is 0 Å². The van der Waals surface area contributed by atoms with Gasteiger partial charge in [-0.05, 0) is 25.8 Å². The third-order valence-corrected chi connectivity index (χ3v) is 2.31. The molecule has 1 rings (SSSR count). The van der Waals surface area contributed by atoms with Crippen LogP contribution in [0, 0.1) is 0 Å². The van der Waals surface area contributed by atoms with Crippen molar-refractivity contribution in [3.8, 4) is 0 Å². The zero-order valence-electron chi connectivity index (χ0n) is 4.28. The van der Waals surface area contributed by atoms with E-state index in [0.717, 1.165) is 4.05 Å². The van der Waals surface area contributed by atoms with E-state index in [1.807, 2.05) is 0 Å². The van der Waals surface area contributed by atoms with Crippen molar-refractivity contribution in [2.45, 2.75) is 23.3 Å². The van der Waals surface area contributed by atoms with Gasteiger partial charge in [0.25, 0.3) is 0 Å². The fourth-order valence-corrected chi connectivity index (χ4v) is 1.56. The highest BCUT2D eigenvalue weighted by Gasteiger charge is 2.05. The fourth-order valence-electron chi connectivity index (χ4n) is 0.809. The summed E-state index contributed by atoms with van der Waals surface area (Å²) in [4.78, 5) is 0.